The molecule has 3 aromatic heterocycles. The van der Waals surface area contributed by atoms with Gasteiger partial charge in [-0.2, -0.15) is 0 Å². The van der Waals surface area contributed by atoms with Crippen molar-refractivity contribution in [2.24, 2.45) is 5.73 Å². The molecule has 26 heteroatoms. The van der Waals surface area contributed by atoms with Crippen LogP contribution in [0.5, 0.6) is 0 Å². The number of rotatable bonds is 47. The monoisotopic (exact) mass is 1100 g/mol. The molecule has 0 bridgehead atoms. The summed E-state index contributed by atoms with van der Waals surface area (Å²) >= 11 is 7.29. The number of carbonyl (C=O) groups excluding carboxylic acids is 1. The quantitative estimate of drug-likeness (QED) is 0.0543. The third-order valence-corrected chi connectivity index (χ3v) is 11.6. The number of piperazine rings is 1. The first-order valence-electron chi connectivity index (χ1n) is 25.3. The number of aromatic nitrogens is 6. The fraction of sp³-hybridized carbons (Fsp3) is 0.673. The number of ether oxygens (including phenoxy) is 12. The zero-order valence-electron chi connectivity index (χ0n) is 43.9. The molecule has 0 saturated carbocycles. The van der Waals surface area contributed by atoms with Gasteiger partial charge in [-0.1, -0.05) is 47.4 Å². The van der Waals surface area contributed by atoms with Crippen LogP contribution in [0.15, 0.2) is 54.0 Å². The van der Waals surface area contributed by atoms with Gasteiger partial charge in [-0.25, -0.2) is 19.6 Å². The molecule has 1 aliphatic rings. The number of aryl methyl sites for hydroxylation is 1. The highest BCUT2D eigenvalue weighted by Crippen LogP contribution is 2.25. The normalized spacial score (nSPS) is 13.4. The molecule has 1 fully saturated rings. The van der Waals surface area contributed by atoms with E-state index >= 15 is 0 Å². The molecular weight excluding hydrogens is 1020 g/mol. The molecule has 0 radical (unpaired) electrons. The van der Waals surface area contributed by atoms with Crippen LogP contribution in [0.3, 0.4) is 0 Å². The van der Waals surface area contributed by atoms with E-state index in [1.807, 2.05) is 19.2 Å². The number of nitrogens with two attached hydrogens (primary N) is 1. The molecule has 0 spiro atoms. The summed E-state index contributed by atoms with van der Waals surface area (Å²) in [6.45, 7) is 28.2. The van der Waals surface area contributed by atoms with Crippen molar-refractivity contribution in [3.8, 4) is 0 Å². The largest absolute Gasteiger partial charge is 0.378 e. The lowest BCUT2D eigenvalue weighted by molar-refractivity contribution is -0.0275. The second-order valence-electron chi connectivity index (χ2n) is 16.3. The van der Waals surface area contributed by atoms with Crippen molar-refractivity contribution in [3.63, 3.8) is 0 Å². The van der Waals surface area contributed by atoms with Gasteiger partial charge in [0.25, 0.3) is 5.91 Å². The van der Waals surface area contributed by atoms with Crippen LogP contribution in [-0.2, 0) is 70.0 Å². The molecule has 1 aliphatic heterocycles. The van der Waals surface area contributed by atoms with Gasteiger partial charge in [-0.15, -0.1) is 5.10 Å². The number of hydrogen-bond donors (Lipinski definition) is 3. The molecule has 1 amide bonds. The summed E-state index contributed by atoms with van der Waals surface area (Å²) in [5.41, 5.74) is 7.23. The van der Waals surface area contributed by atoms with Crippen LogP contribution < -0.4 is 21.3 Å². The van der Waals surface area contributed by atoms with Gasteiger partial charge in [0.2, 0.25) is 0 Å². The van der Waals surface area contributed by atoms with E-state index in [2.05, 4.69) is 58.9 Å². The lowest BCUT2D eigenvalue weighted by atomic mass is 10.2. The Balaban J connectivity index is 0.879. The van der Waals surface area contributed by atoms with E-state index in [9.17, 15) is 4.79 Å². The maximum atomic E-state index is 12.9. The van der Waals surface area contributed by atoms with Crippen molar-refractivity contribution >= 4 is 45.6 Å². The zero-order chi connectivity index (χ0) is 53.4. The topological polar surface area (TPSA) is 254 Å². The maximum Gasteiger partial charge on any atom is 0.267 e. The highest BCUT2D eigenvalue weighted by atomic mass is 35.5. The van der Waals surface area contributed by atoms with Crippen molar-refractivity contribution in [3.05, 3.63) is 70.4 Å². The van der Waals surface area contributed by atoms with Crippen LogP contribution in [-0.4, -0.2) is 232 Å². The average Bonchev–Trinajstić information content (AvgIpc) is 4.08. The lowest BCUT2D eigenvalue weighted by Crippen LogP contribution is -2.47. The molecule has 4 heterocycles. The molecule has 4 N–H and O–H groups in total. The first kappa shape index (κ1) is 63.4. The fourth-order valence-corrected chi connectivity index (χ4v) is 7.52. The smallest absolute Gasteiger partial charge is 0.267 e. The molecule has 0 atom stereocenters. The third kappa shape index (κ3) is 29.3. The van der Waals surface area contributed by atoms with E-state index in [4.69, 9.17) is 74.2 Å². The number of carbonyl (C=O) groups is 1. The van der Waals surface area contributed by atoms with Crippen molar-refractivity contribution < 1.29 is 61.6 Å². The van der Waals surface area contributed by atoms with Gasteiger partial charge in [-0.05, 0) is 19.4 Å². The Morgan fingerprint density at radius 1 is 0.707 bits per heavy atom. The van der Waals surface area contributed by atoms with Crippen molar-refractivity contribution in [2.75, 3.05) is 201 Å². The fourth-order valence-electron chi connectivity index (χ4n) is 6.61. The van der Waals surface area contributed by atoms with Gasteiger partial charge in [-0.3, -0.25) is 9.69 Å². The Labute approximate surface area is 450 Å². The number of hydrogen-bond acceptors (Lipinski definition) is 23. The summed E-state index contributed by atoms with van der Waals surface area (Å²) in [4.78, 5) is 31.5. The van der Waals surface area contributed by atoms with Crippen LogP contribution >= 0.6 is 22.9 Å². The average molecular weight is 1100 g/mol. The number of allylic oxidation sites excluding steroid dienone is 3. The van der Waals surface area contributed by atoms with Gasteiger partial charge in [0, 0.05) is 45.3 Å². The second kappa shape index (κ2) is 41.0. The number of thiazole rings is 1. The van der Waals surface area contributed by atoms with Crippen molar-refractivity contribution in [2.45, 2.75) is 27.0 Å². The summed E-state index contributed by atoms with van der Waals surface area (Å²) in [5, 5.41) is 15.2. The molecule has 3 aromatic rings. The number of halogens is 1. The van der Waals surface area contributed by atoms with Gasteiger partial charge >= 0.3 is 0 Å². The van der Waals surface area contributed by atoms with Crippen molar-refractivity contribution in [1.29, 1.82) is 0 Å². The molecular formula is C49H80ClN11O13S. The minimum Gasteiger partial charge on any atom is -0.378 e. The van der Waals surface area contributed by atoms with Gasteiger partial charge in [0.15, 0.2) is 5.13 Å². The molecule has 1 saturated heterocycles. The van der Waals surface area contributed by atoms with E-state index < -0.39 is 0 Å². The Kier molecular flexibility index (Phi) is 34.7. The number of amides is 1. The van der Waals surface area contributed by atoms with Gasteiger partial charge in [0.05, 0.1) is 188 Å². The summed E-state index contributed by atoms with van der Waals surface area (Å²) in [6, 6.07) is 1.90. The van der Waals surface area contributed by atoms with Crippen molar-refractivity contribution in [1.82, 2.24) is 40.2 Å². The predicted octanol–water partition coefficient (Wildman–Crippen LogP) is 3.00. The number of nitrogens with zero attached hydrogens (tertiary/aromatic N) is 8. The van der Waals surface area contributed by atoms with Gasteiger partial charge < -0.3 is 78.1 Å². The maximum absolute atomic E-state index is 12.9. The van der Waals surface area contributed by atoms with E-state index in [-0.39, 0.29) is 10.9 Å². The molecule has 422 valence electrons. The van der Waals surface area contributed by atoms with E-state index in [0.29, 0.717) is 205 Å². The number of anilines is 3. The first-order valence-corrected chi connectivity index (χ1v) is 26.5. The van der Waals surface area contributed by atoms with Crippen LogP contribution in [0.1, 0.15) is 28.1 Å². The van der Waals surface area contributed by atoms with Crippen LogP contribution in [0.4, 0.5) is 16.8 Å². The van der Waals surface area contributed by atoms with Crippen LogP contribution in [0.2, 0.25) is 0 Å². The molecule has 0 unspecified atom stereocenters. The van der Waals surface area contributed by atoms with Crippen LogP contribution in [0, 0.1) is 6.92 Å². The molecule has 4 rings (SSSR count). The Hall–Kier alpha value is -4.13. The second-order valence-corrected chi connectivity index (χ2v) is 17.8. The summed E-state index contributed by atoms with van der Waals surface area (Å²) in [7, 11) is 0. The Morgan fingerprint density at radius 3 is 1.67 bits per heavy atom. The third-order valence-electron chi connectivity index (χ3n) is 10.5. The van der Waals surface area contributed by atoms with E-state index in [0.717, 1.165) is 44.2 Å². The standard InChI is InChI=1S/C49H80ClN11O13S/c1-5-40(2)47(41(3)50)56-48(62)44-37-52-49(75-44)55-45-36-46(54-42(4)53-45)60-9-7-59(8-10-60)11-14-74-39-43-38-61(58-57-43)12-15-64-17-19-66-21-23-68-25-27-70-29-31-72-33-35-73-34-32-71-30-28-69-26-24-67-22-20-65-18-16-63-13-6-51/h5,36-38H,1,3,6-35,39,51H2,2,4H3,(H,56,62)(H,52,53,54,55)/b47-40+. The van der Waals surface area contributed by atoms with Crippen LogP contribution in [0.25, 0.3) is 0 Å². The molecule has 0 aliphatic carbocycles. The summed E-state index contributed by atoms with van der Waals surface area (Å²) in [6.07, 6.45) is 4.98. The predicted molar refractivity (Wildman–Crippen MR) is 284 cm³/mol. The highest BCUT2D eigenvalue weighted by molar-refractivity contribution is 7.17. The Bertz CT molecular complexity index is 2030. The minimum absolute atomic E-state index is 0.215. The minimum atomic E-state index is -0.348. The molecule has 24 nitrogen and oxygen atoms in total. The first-order chi connectivity index (χ1) is 36.7. The molecule has 0 aromatic carbocycles. The summed E-state index contributed by atoms with van der Waals surface area (Å²) in [5.74, 6) is 1.69. The zero-order valence-corrected chi connectivity index (χ0v) is 45.5. The SMILES string of the molecule is C=C/C(C)=C(/NC(=O)c1cnc(Nc2cc(N3CCN(CCOCc4cn(CCOCCOCCOCCOCCOCCOCCOCCOCCOCCOCCOCCN)nn4)CC3)nc(C)n2)s1)C(=C)Cl. The lowest BCUT2D eigenvalue weighted by Gasteiger charge is -2.35. The van der Waals surface area contributed by atoms with Gasteiger partial charge in [0.1, 0.15) is 28.0 Å². The van der Waals surface area contributed by atoms with E-state index in [1.54, 1.807) is 17.7 Å². The highest BCUT2D eigenvalue weighted by Gasteiger charge is 2.20. The van der Waals surface area contributed by atoms with E-state index in [1.165, 1.54) is 17.5 Å². The Morgan fingerprint density at radius 2 is 1.19 bits per heavy atom. The summed E-state index contributed by atoms with van der Waals surface area (Å²) < 4.78 is 68.1. The molecule has 75 heavy (non-hydrogen) atoms. The number of nitrogens with one attached hydrogen (secondary N) is 2.